The van der Waals surface area contributed by atoms with Gasteiger partial charge in [-0.05, 0) is 37.7 Å². The Morgan fingerprint density at radius 2 is 1.83 bits per heavy atom. The molecule has 29 heavy (non-hydrogen) atoms. The van der Waals surface area contributed by atoms with Crippen LogP contribution in [0.2, 0.25) is 0 Å². The normalized spacial score (nSPS) is 20.0. The van der Waals surface area contributed by atoms with E-state index in [1.807, 2.05) is 37.3 Å². The van der Waals surface area contributed by atoms with Gasteiger partial charge < -0.3 is 9.80 Å². The van der Waals surface area contributed by atoms with Crippen LogP contribution in [0.1, 0.15) is 57.1 Å². The number of piperidine rings is 2. The first-order valence-electron chi connectivity index (χ1n) is 10.5. The van der Waals surface area contributed by atoms with Gasteiger partial charge in [0.15, 0.2) is 0 Å². The van der Waals surface area contributed by atoms with Gasteiger partial charge >= 0.3 is 0 Å². The molecule has 1 unspecified atom stereocenters. The number of nitrogens with one attached hydrogen (secondary N) is 1. The van der Waals surface area contributed by atoms with Crippen molar-refractivity contribution in [2.45, 2.75) is 57.5 Å². The van der Waals surface area contributed by atoms with E-state index >= 15 is 0 Å². The molecule has 8 heteroatoms. The first-order valence-corrected chi connectivity index (χ1v) is 12.2. The lowest BCUT2D eigenvalue weighted by Crippen LogP contribution is -2.51. The third kappa shape index (κ3) is 5.57. The van der Waals surface area contributed by atoms with Gasteiger partial charge in [-0.15, -0.1) is 0 Å². The molecule has 1 aromatic carbocycles. The second-order valence-corrected chi connectivity index (χ2v) is 9.77. The van der Waals surface area contributed by atoms with E-state index in [1.54, 1.807) is 9.80 Å². The lowest BCUT2D eigenvalue weighted by Gasteiger charge is -2.39. The zero-order valence-electron chi connectivity index (χ0n) is 17.0. The SMILES string of the molecule is CCCS(=O)(=O)NC1CCN(C(=O)C(c2ccccc2)N2CCCCC2=O)CC1. The Hall–Kier alpha value is -1.93. The molecule has 2 aliphatic heterocycles. The standard InChI is InChI=1S/C21H31N3O4S/c1-2-16-29(27,28)22-18-11-14-23(15-12-18)21(26)20(17-8-4-3-5-9-17)24-13-7-6-10-19(24)25/h3-5,8-9,18,20,22H,2,6-7,10-16H2,1H3. The van der Waals surface area contributed by atoms with Crippen molar-refractivity contribution in [2.75, 3.05) is 25.4 Å². The summed E-state index contributed by atoms with van der Waals surface area (Å²) in [7, 11) is -3.26. The molecule has 2 aliphatic rings. The van der Waals surface area contributed by atoms with Gasteiger partial charge in [-0.1, -0.05) is 37.3 Å². The largest absolute Gasteiger partial charge is 0.340 e. The van der Waals surface area contributed by atoms with Crippen LogP contribution in [0.3, 0.4) is 0 Å². The highest BCUT2D eigenvalue weighted by Crippen LogP contribution is 2.28. The molecule has 1 atom stereocenters. The number of sulfonamides is 1. The fourth-order valence-corrected chi connectivity index (χ4v) is 5.56. The summed E-state index contributed by atoms with van der Waals surface area (Å²) in [4.78, 5) is 29.5. The summed E-state index contributed by atoms with van der Waals surface area (Å²) >= 11 is 0. The van der Waals surface area contributed by atoms with Gasteiger partial charge in [0.25, 0.3) is 0 Å². The Kier molecular flexibility index (Phi) is 7.29. The van der Waals surface area contributed by atoms with Crippen LogP contribution in [0.15, 0.2) is 30.3 Å². The minimum Gasteiger partial charge on any atom is -0.340 e. The van der Waals surface area contributed by atoms with Gasteiger partial charge in [0.1, 0.15) is 6.04 Å². The number of rotatable bonds is 7. The maximum absolute atomic E-state index is 13.4. The van der Waals surface area contributed by atoms with Crippen molar-refractivity contribution in [3.05, 3.63) is 35.9 Å². The third-order valence-corrected chi connectivity index (χ3v) is 7.28. The Morgan fingerprint density at radius 3 is 2.45 bits per heavy atom. The zero-order valence-corrected chi connectivity index (χ0v) is 17.9. The lowest BCUT2D eigenvalue weighted by atomic mass is 9.98. The molecule has 3 rings (SSSR count). The highest BCUT2D eigenvalue weighted by molar-refractivity contribution is 7.89. The summed E-state index contributed by atoms with van der Waals surface area (Å²) in [6.45, 7) is 3.41. The van der Waals surface area contributed by atoms with Crippen LogP contribution in [0.4, 0.5) is 0 Å². The molecule has 1 aromatic rings. The van der Waals surface area contributed by atoms with Crippen LogP contribution in [0.5, 0.6) is 0 Å². The van der Waals surface area contributed by atoms with Gasteiger partial charge in [0.05, 0.1) is 5.75 Å². The molecule has 2 heterocycles. The molecule has 7 nitrogen and oxygen atoms in total. The minimum atomic E-state index is -3.26. The average Bonchev–Trinajstić information content (AvgIpc) is 2.70. The highest BCUT2D eigenvalue weighted by Gasteiger charge is 2.36. The first kappa shape index (κ1) is 21.8. The van der Waals surface area contributed by atoms with Crippen molar-refractivity contribution in [3.63, 3.8) is 0 Å². The van der Waals surface area contributed by atoms with Crippen molar-refractivity contribution < 1.29 is 18.0 Å². The highest BCUT2D eigenvalue weighted by atomic mass is 32.2. The number of amides is 2. The quantitative estimate of drug-likeness (QED) is 0.730. The van der Waals surface area contributed by atoms with Gasteiger partial charge in [-0.2, -0.15) is 0 Å². The van der Waals surface area contributed by atoms with Crippen molar-refractivity contribution in [3.8, 4) is 0 Å². The number of benzene rings is 1. The maximum Gasteiger partial charge on any atom is 0.250 e. The van der Waals surface area contributed by atoms with Crippen LogP contribution in [0, 0.1) is 0 Å². The van der Waals surface area contributed by atoms with E-state index in [0.29, 0.717) is 45.3 Å². The summed E-state index contributed by atoms with van der Waals surface area (Å²) in [6, 6.07) is 8.74. The van der Waals surface area contributed by atoms with E-state index in [-0.39, 0.29) is 23.6 Å². The lowest BCUT2D eigenvalue weighted by molar-refractivity contribution is -0.148. The van der Waals surface area contributed by atoms with Crippen LogP contribution >= 0.6 is 0 Å². The summed E-state index contributed by atoms with van der Waals surface area (Å²) in [6.07, 6.45) is 4.01. The summed E-state index contributed by atoms with van der Waals surface area (Å²) < 4.78 is 26.8. The Bertz CT molecular complexity index is 804. The second kappa shape index (κ2) is 9.71. The van der Waals surface area contributed by atoms with E-state index in [4.69, 9.17) is 0 Å². The fourth-order valence-electron chi connectivity index (χ4n) is 4.16. The summed E-state index contributed by atoms with van der Waals surface area (Å²) in [5.41, 5.74) is 0.832. The molecule has 0 aromatic heterocycles. The monoisotopic (exact) mass is 421 g/mol. The smallest absolute Gasteiger partial charge is 0.250 e. The van der Waals surface area contributed by atoms with E-state index in [2.05, 4.69) is 4.72 Å². The predicted octanol–water partition coefficient (Wildman–Crippen LogP) is 2.06. The minimum absolute atomic E-state index is 0.0284. The summed E-state index contributed by atoms with van der Waals surface area (Å²) in [5, 5.41) is 0. The molecule has 1 N–H and O–H groups in total. The fraction of sp³-hybridized carbons (Fsp3) is 0.619. The van der Waals surface area contributed by atoms with E-state index in [9.17, 15) is 18.0 Å². The number of hydrogen-bond donors (Lipinski definition) is 1. The average molecular weight is 422 g/mol. The van der Waals surface area contributed by atoms with E-state index < -0.39 is 16.1 Å². The van der Waals surface area contributed by atoms with Crippen molar-refractivity contribution in [1.29, 1.82) is 0 Å². The molecular formula is C21H31N3O4S. The number of carbonyl (C=O) groups is 2. The third-order valence-electron chi connectivity index (χ3n) is 5.65. The Balaban J connectivity index is 1.70. The number of hydrogen-bond acceptors (Lipinski definition) is 4. The maximum atomic E-state index is 13.4. The molecule has 2 amide bonds. The molecule has 2 saturated heterocycles. The van der Waals surface area contributed by atoms with Gasteiger partial charge in [-0.25, -0.2) is 13.1 Å². The van der Waals surface area contributed by atoms with Crippen LogP contribution < -0.4 is 4.72 Å². The predicted molar refractivity (Wildman–Crippen MR) is 112 cm³/mol. The second-order valence-electron chi connectivity index (χ2n) is 7.89. The molecule has 160 valence electrons. The number of likely N-dealkylation sites (tertiary alicyclic amines) is 2. The number of nitrogens with zero attached hydrogens (tertiary/aromatic N) is 2. The molecule has 0 aliphatic carbocycles. The van der Waals surface area contributed by atoms with Crippen molar-refractivity contribution >= 4 is 21.8 Å². The van der Waals surface area contributed by atoms with E-state index in [1.165, 1.54) is 0 Å². The Labute approximate surface area is 173 Å². The Morgan fingerprint density at radius 1 is 1.14 bits per heavy atom. The van der Waals surface area contributed by atoms with E-state index in [0.717, 1.165) is 18.4 Å². The molecule has 0 saturated carbocycles. The number of carbonyl (C=O) groups excluding carboxylic acids is 2. The van der Waals surface area contributed by atoms with Crippen LogP contribution in [-0.2, 0) is 19.6 Å². The topological polar surface area (TPSA) is 86.8 Å². The summed E-state index contributed by atoms with van der Waals surface area (Å²) in [5.74, 6) is 0.0845. The van der Waals surface area contributed by atoms with Crippen molar-refractivity contribution in [2.24, 2.45) is 0 Å². The molecule has 0 radical (unpaired) electrons. The van der Waals surface area contributed by atoms with Gasteiger partial charge in [-0.3, -0.25) is 9.59 Å². The van der Waals surface area contributed by atoms with Gasteiger partial charge in [0, 0.05) is 32.1 Å². The zero-order chi connectivity index (χ0) is 20.9. The molecule has 2 fully saturated rings. The van der Waals surface area contributed by atoms with Gasteiger partial charge in [0.2, 0.25) is 21.8 Å². The molecular weight excluding hydrogens is 390 g/mol. The van der Waals surface area contributed by atoms with Crippen molar-refractivity contribution in [1.82, 2.24) is 14.5 Å². The molecule has 0 spiro atoms. The van der Waals surface area contributed by atoms with Crippen LogP contribution in [-0.4, -0.2) is 61.5 Å². The first-order chi connectivity index (χ1) is 13.9. The van der Waals surface area contributed by atoms with Crippen LogP contribution in [0.25, 0.3) is 0 Å². The molecule has 0 bridgehead atoms.